The lowest BCUT2D eigenvalue weighted by Crippen LogP contribution is -2.43. The first kappa shape index (κ1) is 22.5. The Labute approximate surface area is 181 Å². The minimum absolute atomic E-state index is 0.147. The van der Waals surface area contributed by atoms with Crippen LogP contribution in [0, 0.1) is 12.8 Å². The lowest BCUT2D eigenvalue weighted by Gasteiger charge is -2.30. The van der Waals surface area contributed by atoms with Crippen molar-refractivity contribution in [2.45, 2.75) is 37.3 Å². The van der Waals surface area contributed by atoms with E-state index in [1.807, 2.05) is 13.8 Å². The number of nitrogens with zero attached hydrogens (tertiary/aromatic N) is 1. The van der Waals surface area contributed by atoms with Crippen molar-refractivity contribution in [2.24, 2.45) is 5.92 Å². The number of sulfonamides is 1. The second-order valence-electron chi connectivity index (χ2n) is 7.39. The Morgan fingerprint density at radius 1 is 1.17 bits per heavy atom. The Morgan fingerprint density at radius 2 is 1.90 bits per heavy atom. The monoisotopic (exact) mass is 449 g/mol. The van der Waals surface area contributed by atoms with Gasteiger partial charge in [0.25, 0.3) is 15.9 Å². The molecule has 7 nitrogen and oxygen atoms in total. The topological polar surface area (TPSA) is 95.6 Å². The van der Waals surface area contributed by atoms with E-state index in [1.165, 1.54) is 15.6 Å². The van der Waals surface area contributed by atoms with Crippen LogP contribution in [0.5, 0.6) is 0 Å². The summed E-state index contributed by atoms with van der Waals surface area (Å²) in [6.07, 6.45) is 2.14. The smallest absolute Gasteiger partial charge is 0.252 e. The average Bonchev–Trinajstić information content (AvgIpc) is 3.20. The third kappa shape index (κ3) is 5.27. The molecule has 162 valence electrons. The zero-order valence-corrected chi connectivity index (χ0v) is 18.8. The van der Waals surface area contributed by atoms with Crippen LogP contribution in [-0.4, -0.2) is 44.2 Å². The van der Waals surface area contributed by atoms with Crippen LogP contribution in [0.3, 0.4) is 0 Å². The number of nitrogens with one attached hydrogen (secondary N) is 2. The number of piperidine rings is 1. The molecule has 1 aliphatic heterocycles. The summed E-state index contributed by atoms with van der Waals surface area (Å²) in [4.78, 5) is 25.6. The number of thiophene rings is 1. The van der Waals surface area contributed by atoms with Crippen LogP contribution >= 0.6 is 11.3 Å². The number of rotatable bonds is 7. The zero-order chi connectivity index (χ0) is 21.7. The number of hydrogen-bond donors (Lipinski definition) is 2. The van der Waals surface area contributed by atoms with Crippen molar-refractivity contribution in [1.82, 2.24) is 9.62 Å². The summed E-state index contributed by atoms with van der Waals surface area (Å²) in [5.74, 6) is -0.769. The predicted molar refractivity (Wildman–Crippen MR) is 118 cm³/mol. The third-order valence-corrected chi connectivity index (χ3v) is 8.35. The van der Waals surface area contributed by atoms with Crippen molar-refractivity contribution in [2.75, 3.05) is 25.0 Å². The number of amides is 2. The van der Waals surface area contributed by atoms with Gasteiger partial charge in [0.05, 0.1) is 5.92 Å². The number of carbonyl (C=O) groups is 2. The molecule has 1 aromatic carbocycles. The van der Waals surface area contributed by atoms with Gasteiger partial charge in [0, 0.05) is 35.8 Å². The van der Waals surface area contributed by atoms with E-state index in [9.17, 15) is 18.0 Å². The first-order chi connectivity index (χ1) is 14.3. The van der Waals surface area contributed by atoms with E-state index in [1.54, 1.807) is 36.4 Å². The molecule has 9 heteroatoms. The largest absolute Gasteiger partial charge is 0.352 e. The van der Waals surface area contributed by atoms with Gasteiger partial charge in [-0.2, -0.15) is 4.31 Å². The molecular formula is C21H27N3O4S2. The lowest BCUT2D eigenvalue weighted by molar-refractivity contribution is -0.120. The van der Waals surface area contributed by atoms with Gasteiger partial charge in [0.15, 0.2) is 0 Å². The Morgan fingerprint density at radius 3 is 2.53 bits per heavy atom. The zero-order valence-electron chi connectivity index (χ0n) is 17.2. The Balaban J connectivity index is 1.62. The molecule has 1 fully saturated rings. The molecule has 2 amide bonds. The van der Waals surface area contributed by atoms with Crippen molar-refractivity contribution >= 4 is 38.9 Å². The van der Waals surface area contributed by atoms with Gasteiger partial charge in [-0.3, -0.25) is 9.59 Å². The van der Waals surface area contributed by atoms with Gasteiger partial charge in [-0.1, -0.05) is 6.92 Å². The van der Waals surface area contributed by atoms with Crippen LogP contribution in [0.2, 0.25) is 0 Å². The average molecular weight is 450 g/mol. The van der Waals surface area contributed by atoms with Crippen LogP contribution in [0.1, 0.15) is 41.4 Å². The molecule has 0 bridgehead atoms. The van der Waals surface area contributed by atoms with Gasteiger partial charge >= 0.3 is 0 Å². The molecule has 1 aromatic heterocycles. The van der Waals surface area contributed by atoms with Gasteiger partial charge < -0.3 is 10.6 Å². The highest BCUT2D eigenvalue weighted by Gasteiger charge is 2.34. The molecular weight excluding hydrogens is 422 g/mol. The molecule has 3 rings (SSSR count). The van der Waals surface area contributed by atoms with Crippen molar-refractivity contribution in [3.63, 3.8) is 0 Å². The SMILES string of the molecule is CCCNC(=O)c1ccc(NC(=O)C2CCCN(S(=O)(=O)c3ccc(C)s3)C2)cc1. The summed E-state index contributed by atoms with van der Waals surface area (Å²) in [7, 11) is -3.58. The van der Waals surface area contributed by atoms with Gasteiger partial charge in [0.1, 0.15) is 4.21 Å². The second kappa shape index (κ2) is 9.72. The van der Waals surface area contributed by atoms with Gasteiger partial charge in [-0.05, 0) is 62.6 Å². The third-order valence-electron chi connectivity index (χ3n) is 5.01. The summed E-state index contributed by atoms with van der Waals surface area (Å²) in [6.45, 7) is 5.06. The van der Waals surface area contributed by atoms with E-state index in [-0.39, 0.29) is 18.4 Å². The van der Waals surface area contributed by atoms with Crippen molar-refractivity contribution in [3.8, 4) is 0 Å². The summed E-state index contributed by atoms with van der Waals surface area (Å²) in [5, 5.41) is 5.65. The van der Waals surface area contributed by atoms with Crippen LogP contribution < -0.4 is 10.6 Å². The number of carbonyl (C=O) groups excluding carboxylic acids is 2. The molecule has 2 heterocycles. The van der Waals surface area contributed by atoms with Crippen molar-refractivity contribution < 1.29 is 18.0 Å². The van der Waals surface area contributed by atoms with E-state index in [0.717, 1.165) is 11.3 Å². The first-order valence-corrected chi connectivity index (χ1v) is 12.3. The second-order valence-corrected chi connectivity index (χ2v) is 10.8. The molecule has 2 N–H and O–H groups in total. The van der Waals surface area contributed by atoms with Crippen molar-refractivity contribution in [1.29, 1.82) is 0 Å². The highest BCUT2D eigenvalue weighted by molar-refractivity contribution is 7.91. The van der Waals surface area contributed by atoms with Crippen LogP contribution in [0.25, 0.3) is 0 Å². The van der Waals surface area contributed by atoms with E-state index in [0.29, 0.717) is 41.4 Å². The van der Waals surface area contributed by atoms with Gasteiger partial charge in [0.2, 0.25) is 5.91 Å². The number of benzene rings is 1. The fraction of sp³-hybridized carbons (Fsp3) is 0.429. The Kier molecular flexibility index (Phi) is 7.27. The van der Waals surface area contributed by atoms with Crippen LogP contribution in [-0.2, 0) is 14.8 Å². The van der Waals surface area contributed by atoms with E-state index >= 15 is 0 Å². The minimum atomic E-state index is -3.58. The van der Waals surface area contributed by atoms with Crippen LogP contribution in [0.4, 0.5) is 5.69 Å². The molecule has 0 saturated carbocycles. The fourth-order valence-corrected chi connectivity index (χ4v) is 6.30. The molecule has 0 radical (unpaired) electrons. The normalized spacial score (nSPS) is 17.5. The highest BCUT2D eigenvalue weighted by Crippen LogP contribution is 2.28. The van der Waals surface area contributed by atoms with E-state index < -0.39 is 15.9 Å². The maximum absolute atomic E-state index is 12.9. The van der Waals surface area contributed by atoms with Gasteiger partial charge in [-0.15, -0.1) is 11.3 Å². The Bertz CT molecular complexity index is 1000. The summed E-state index contributed by atoms with van der Waals surface area (Å²) in [5.41, 5.74) is 1.11. The molecule has 1 atom stereocenters. The fourth-order valence-electron chi connectivity index (χ4n) is 3.34. The maximum Gasteiger partial charge on any atom is 0.252 e. The number of anilines is 1. The molecule has 1 aliphatic rings. The summed E-state index contributed by atoms with van der Waals surface area (Å²) >= 11 is 1.25. The van der Waals surface area contributed by atoms with Gasteiger partial charge in [-0.25, -0.2) is 8.42 Å². The molecule has 1 unspecified atom stereocenters. The van der Waals surface area contributed by atoms with Crippen molar-refractivity contribution in [3.05, 3.63) is 46.8 Å². The Hall–Kier alpha value is -2.23. The lowest BCUT2D eigenvalue weighted by atomic mass is 9.98. The molecule has 0 aliphatic carbocycles. The minimum Gasteiger partial charge on any atom is -0.352 e. The number of hydrogen-bond acceptors (Lipinski definition) is 5. The summed E-state index contributed by atoms with van der Waals surface area (Å²) < 4.78 is 27.5. The summed E-state index contributed by atoms with van der Waals surface area (Å²) in [6, 6.07) is 10.1. The number of aryl methyl sites for hydroxylation is 1. The van der Waals surface area contributed by atoms with Crippen LogP contribution in [0.15, 0.2) is 40.6 Å². The molecule has 2 aromatic rings. The van der Waals surface area contributed by atoms with E-state index in [2.05, 4.69) is 10.6 Å². The quantitative estimate of drug-likeness (QED) is 0.678. The molecule has 30 heavy (non-hydrogen) atoms. The standard InChI is InChI=1S/C21H27N3O4S2/c1-3-12-22-20(25)16-7-9-18(10-8-16)23-21(26)17-5-4-13-24(14-17)30(27,28)19-11-6-15(2)29-19/h6-11,17H,3-5,12-14H2,1-2H3,(H,22,25)(H,23,26). The first-order valence-electron chi connectivity index (χ1n) is 10.1. The predicted octanol–water partition coefficient (Wildman–Crippen LogP) is 3.24. The maximum atomic E-state index is 12.9. The molecule has 0 spiro atoms. The van der Waals surface area contributed by atoms with E-state index in [4.69, 9.17) is 0 Å². The highest BCUT2D eigenvalue weighted by atomic mass is 32.2. The molecule has 1 saturated heterocycles.